The number of amides is 1. The van der Waals surface area contributed by atoms with E-state index in [9.17, 15) is 22.8 Å². The maximum absolute atomic E-state index is 11.6. The molecule has 0 heterocycles. The van der Waals surface area contributed by atoms with Gasteiger partial charge in [0.15, 0.2) is 6.61 Å². The number of alkyl halides is 3. The standard InChI is InChI=1S/C7H10F3NO4/c1-4(5(12)13)11(2)6(14)15-3-7(8,9)10/h4H,3H2,1-2H3,(H,12,13). The summed E-state index contributed by atoms with van der Waals surface area (Å²) in [5.41, 5.74) is 0. The highest BCUT2D eigenvalue weighted by atomic mass is 19.4. The Balaban J connectivity index is 4.17. The van der Waals surface area contributed by atoms with Gasteiger partial charge < -0.3 is 9.84 Å². The molecule has 1 unspecified atom stereocenters. The van der Waals surface area contributed by atoms with Gasteiger partial charge in [-0.15, -0.1) is 0 Å². The predicted octanol–water partition coefficient (Wildman–Crippen LogP) is 1.09. The van der Waals surface area contributed by atoms with Gasteiger partial charge in [0.25, 0.3) is 0 Å². The third kappa shape index (κ3) is 5.08. The topological polar surface area (TPSA) is 66.8 Å². The zero-order valence-corrected chi connectivity index (χ0v) is 8.04. The molecule has 0 saturated heterocycles. The molecule has 0 saturated carbocycles. The molecule has 0 aliphatic rings. The summed E-state index contributed by atoms with van der Waals surface area (Å²) in [5.74, 6) is -1.33. The summed E-state index contributed by atoms with van der Waals surface area (Å²) in [5, 5.41) is 8.46. The Labute approximate surface area is 83.4 Å². The van der Waals surface area contributed by atoms with Gasteiger partial charge in [0.2, 0.25) is 0 Å². The lowest BCUT2D eigenvalue weighted by Crippen LogP contribution is -2.41. The van der Waals surface area contributed by atoms with E-state index < -0.39 is 30.9 Å². The van der Waals surface area contributed by atoms with E-state index in [0.717, 1.165) is 14.0 Å². The fraction of sp³-hybridized carbons (Fsp3) is 0.714. The van der Waals surface area contributed by atoms with Gasteiger partial charge in [-0.2, -0.15) is 13.2 Å². The number of carbonyl (C=O) groups is 2. The SMILES string of the molecule is CC(C(=O)O)N(C)C(=O)OCC(F)(F)F. The van der Waals surface area contributed by atoms with Crippen LogP contribution in [0.5, 0.6) is 0 Å². The van der Waals surface area contributed by atoms with Gasteiger partial charge in [0, 0.05) is 7.05 Å². The molecule has 0 aliphatic carbocycles. The molecule has 0 rings (SSSR count). The van der Waals surface area contributed by atoms with Crippen LogP contribution < -0.4 is 0 Å². The minimum absolute atomic E-state index is 0.564. The Bertz CT molecular complexity index is 253. The van der Waals surface area contributed by atoms with Crippen LogP contribution in [0.25, 0.3) is 0 Å². The van der Waals surface area contributed by atoms with Crippen molar-refractivity contribution in [2.45, 2.75) is 19.1 Å². The number of carboxylic acids is 1. The number of nitrogens with zero attached hydrogens (tertiary/aromatic N) is 1. The summed E-state index contributed by atoms with van der Waals surface area (Å²) in [7, 11) is 1.04. The minimum atomic E-state index is -4.62. The van der Waals surface area contributed by atoms with Crippen LogP contribution in [-0.2, 0) is 9.53 Å². The van der Waals surface area contributed by atoms with Crippen LogP contribution in [0.1, 0.15) is 6.92 Å². The fourth-order valence-corrected chi connectivity index (χ4v) is 0.569. The van der Waals surface area contributed by atoms with E-state index in [2.05, 4.69) is 4.74 Å². The molecule has 1 N–H and O–H groups in total. The second-order valence-corrected chi connectivity index (χ2v) is 2.79. The summed E-state index contributed by atoms with van der Waals surface area (Å²) in [6.45, 7) is -0.584. The summed E-state index contributed by atoms with van der Waals surface area (Å²) in [6.07, 6.45) is -5.95. The number of carbonyl (C=O) groups excluding carboxylic acids is 1. The first-order chi connectivity index (χ1) is 6.65. The van der Waals surface area contributed by atoms with Crippen LogP contribution in [0, 0.1) is 0 Å². The van der Waals surface area contributed by atoms with Crippen molar-refractivity contribution in [2.75, 3.05) is 13.7 Å². The number of halogens is 3. The molecule has 15 heavy (non-hydrogen) atoms. The molecule has 1 atom stereocenters. The average Bonchev–Trinajstić information content (AvgIpc) is 2.10. The number of hydrogen-bond acceptors (Lipinski definition) is 3. The second-order valence-electron chi connectivity index (χ2n) is 2.79. The Morgan fingerprint density at radius 1 is 1.47 bits per heavy atom. The van der Waals surface area contributed by atoms with Crippen molar-refractivity contribution in [1.29, 1.82) is 0 Å². The Kier molecular flexibility index (Phi) is 4.38. The third-order valence-electron chi connectivity index (χ3n) is 1.59. The van der Waals surface area contributed by atoms with E-state index in [1.165, 1.54) is 0 Å². The lowest BCUT2D eigenvalue weighted by Gasteiger charge is -2.21. The van der Waals surface area contributed by atoms with Crippen molar-refractivity contribution in [3.63, 3.8) is 0 Å². The van der Waals surface area contributed by atoms with Gasteiger partial charge >= 0.3 is 18.2 Å². The zero-order chi connectivity index (χ0) is 12.2. The van der Waals surface area contributed by atoms with Crippen LogP contribution in [0.15, 0.2) is 0 Å². The monoisotopic (exact) mass is 229 g/mol. The molecule has 8 heteroatoms. The third-order valence-corrected chi connectivity index (χ3v) is 1.59. The number of hydrogen-bond donors (Lipinski definition) is 1. The first-order valence-corrected chi connectivity index (χ1v) is 3.84. The van der Waals surface area contributed by atoms with Crippen molar-refractivity contribution in [1.82, 2.24) is 4.90 Å². The Hall–Kier alpha value is -1.47. The van der Waals surface area contributed by atoms with Crippen molar-refractivity contribution in [2.24, 2.45) is 0 Å². The van der Waals surface area contributed by atoms with E-state index in [1.54, 1.807) is 0 Å². The largest absolute Gasteiger partial charge is 0.480 e. The molecule has 88 valence electrons. The Morgan fingerprint density at radius 3 is 2.27 bits per heavy atom. The number of ether oxygens (including phenoxy) is 1. The Morgan fingerprint density at radius 2 is 1.93 bits per heavy atom. The highest BCUT2D eigenvalue weighted by Crippen LogP contribution is 2.15. The van der Waals surface area contributed by atoms with Crippen LogP contribution in [0.2, 0.25) is 0 Å². The summed E-state index contributed by atoms with van der Waals surface area (Å²) in [4.78, 5) is 21.8. The van der Waals surface area contributed by atoms with Crippen molar-refractivity contribution in [3.05, 3.63) is 0 Å². The van der Waals surface area contributed by atoms with E-state index in [1.807, 2.05) is 0 Å². The second kappa shape index (κ2) is 4.85. The number of aliphatic carboxylic acids is 1. The maximum atomic E-state index is 11.6. The molecule has 0 spiro atoms. The molecule has 0 aromatic rings. The quantitative estimate of drug-likeness (QED) is 0.786. The van der Waals surface area contributed by atoms with Crippen LogP contribution in [0.4, 0.5) is 18.0 Å². The fourth-order valence-electron chi connectivity index (χ4n) is 0.569. The molecular formula is C7H10F3NO4. The van der Waals surface area contributed by atoms with E-state index >= 15 is 0 Å². The molecule has 0 aliphatic heterocycles. The highest BCUT2D eigenvalue weighted by Gasteiger charge is 2.31. The summed E-state index contributed by atoms with van der Waals surface area (Å²) in [6, 6.07) is -1.24. The lowest BCUT2D eigenvalue weighted by atomic mass is 10.3. The molecular weight excluding hydrogens is 219 g/mol. The number of likely N-dealkylation sites (N-methyl/N-ethyl adjacent to an activating group) is 1. The summed E-state index contributed by atoms with van der Waals surface area (Å²) < 4.78 is 38.7. The van der Waals surface area contributed by atoms with Gasteiger partial charge in [0.1, 0.15) is 6.04 Å². The van der Waals surface area contributed by atoms with Crippen LogP contribution in [-0.4, -0.2) is 47.9 Å². The van der Waals surface area contributed by atoms with Gasteiger partial charge in [-0.25, -0.2) is 9.59 Å². The normalized spacial score (nSPS) is 13.1. The van der Waals surface area contributed by atoms with Gasteiger partial charge in [0.05, 0.1) is 0 Å². The van der Waals surface area contributed by atoms with Crippen LogP contribution in [0.3, 0.4) is 0 Å². The molecule has 0 aromatic carbocycles. The predicted molar refractivity (Wildman–Crippen MR) is 42.3 cm³/mol. The van der Waals surface area contributed by atoms with Crippen LogP contribution >= 0.6 is 0 Å². The summed E-state index contributed by atoms with van der Waals surface area (Å²) >= 11 is 0. The first kappa shape index (κ1) is 13.5. The van der Waals surface area contributed by atoms with Gasteiger partial charge in [-0.05, 0) is 6.92 Å². The number of carboxylic acid groups (broad SMARTS) is 1. The van der Waals surface area contributed by atoms with E-state index in [4.69, 9.17) is 5.11 Å². The van der Waals surface area contributed by atoms with E-state index in [-0.39, 0.29) is 0 Å². The first-order valence-electron chi connectivity index (χ1n) is 3.84. The van der Waals surface area contributed by atoms with Crippen molar-refractivity contribution < 1.29 is 32.6 Å². The molecule has 5 nitrogen and oxygen atoms in total. The smallest absolute Gasteiger partial charge is 0.422 e. The zero-order valence-electron chi connectivity index (χ0n) is 8.04. The lowest BCUT2D eigenvalue weighted by molar-refractivity contribution is -0.163. The van der Waals surface area contributed by atoms with E-state index in [0.29, 0.717) is 4.90 Å². The maximum Gasteiger partial charge on any atom is 0.422 e. The average molecular weight is 229 g/mol. The highest BCUT2D eigenvalue weighted by molar-refractivity contribution is 5.79. The number of rotatable bonds is 3. The van der Waals surface area contributed by atoms with Crippen molar-refractivity contribution >= 4 is 12.1 Å². The molecule has 0 fully saturated rings. The van der Waals surface area contributed by atoms with Crippen molar-refractivity contribution in [3.8, 4) is 0 Å². The molecule has 0 radical (unpaired) electrons. The minimum Gasteiger partial charge on any atom is -0.480 e. The van der Waals surface area contributed by atoms with Gasteiger partial charge in [-0.1, -0.05) is 0 Å². The van der Waals surface area contributed by atoms with Gasteiger partial charge in [-0.3, -0.25) is 4.90 Å². The molecule has 1 amide bonds. The molecule has 0 bridgehead atoms. The molecule has 0 aromatic heterocycles.